The molecule has 4 nitrogen and oxygen atoms in total. The highest BCUT2D eigenvalue weighted by Gasteiger charge is 2.02. The Balaban J connectivity index is 2.11. The first-order chi connectivity index (χ1) is 6.75. The van der Waals surface area contributed by atoms with Crippen molar-refractivity contribution in [2.45, 2.75) is 19.5 Å². The summed E-state index contributed by atoms with van der Waals surface area (Å²) in [6.07, 6.45) is 5.85. The lowest BCUT2D eigenvalue weighted by Crippen LogP contribution is -2.03. The molecule has 0 spiro atoms. The van der Waals surface area contributed by atoms with Crippen LogP contribution in [0.3, 0.4) is 0 Å². The number of aromatic nitrogens is 3. The van der Waals surface area contributed by atoms with Crippen LogP contribution in [0.25, 0.3) is 0 Å². The number of rotatable bonds is 3. The van der Waals surface area contributed by atoms with Gasteiger partial charge in [0.15, 0.2) is 0 Å². The molecule has 0 bridgehead atoms. The predicted octanol–water partition coefficient (Wildman–Crippen LogP) is 1.41. The van der Waals surface area contributed by atoms with E-state index in [1.165, 1.54) is 11.7 Å². The summed E-state index contributed by atoms with van der Waals surface area (Å²) in [5.74, 6) is 0. The highest BCUT2D eigenvalue weighted by atomic mass is 32.1. The molecule has 14 heavy (non-hydrogen) atoms. The first-order valence-electron chi connectivity index (χ1n) is 4.43. The highest BCUT2D eigenvalue weighted by molar-refractivity contribution is 6.99. The third kappa shape index (κ3) is 2.00. The lowest BCUT2D eigenvalue weighted by atomic mass is 10.2. The van der Waals surface area contributed by atoms with Gasteiger partial charge in [-0.25, -0.2) is 0 Å². The van der Waals surface area contributed by atoms with Crippen molar-refractivity contribution in [1.82, 2.24) is 13.3 Å². The lowest BCUT2D eigenvalue weighted by Gasteiger charge is -2.00. The fraction of sp³-hybridized carbons (Fsp3) is 0.333. The molecule has 0 amide bonds. The van der Waals surface area contributed by atoms with Crippen molar-refractivity contribution in [3.63, 3.8) is 0 Å². The zero-order chi connectivity index (χ0) is 9.97. The third-order valence-corrected chi connectivity index (χ3v) is 2.57. The van der Waals surface area contributed by atoms with Crippen LogP contribution in [0, 0.1) is 0 Å². The summed E-state index contributed by atoms with van der Waals surface area (Å²) >= 11 is 1.23. The van der Waals surface area contributed by atoms with Crippen LogP contribution in [0.4, 0.5) is 0 Å². The molecule has 2 rings (SSSR count). The Morgan fingerprint density at radius 2 is 2.50 bits per heavy atom. The van der Waals surface area contributed by atoms with Crippen molar-refractivity contribution < 1.29 is 0 Å². The third-order valence-electron chi connectivity index (χ3n) is 2.05. The van der Waals surface area contributed by atoms with E-state index in [2.05, 4.69) is 13.3 Å². The van der Waals surface area contributed by atoms with E-state index in [0.29, 0.717) is 0 Å². The van der Waals surface area contributed by atoms with Gasteiger partial charge in [0.2, 0.25) is 0 Å². The molecule has 2 aromatic heterocycles. The molecule has 2 heterocycles. The second kappa shape index (κ2) is 3.89. The zero-order valence-electron chi connectivity index (χ0n) is 7.92. The predicted molar refractivity (Wildman–Crippen MR) is 56.0 cm³/mol. The summed E-state index contributed by atoms with van der Waals surface area (Å²) in [4.78, 5) is 0. The Labute approximate surface area is 86.7 Å². The summed E-state index contributed by atoms with van der Waals surface area (Å²) < 4.78 is 10.2. The fourth-order valence-electron chi connectivity index (χ4n) is 1.27. The second-order valence-corrected chi connectivity index (χ2v) is 3.86. The van der Waals surface area contributed by atoms with Crippen LogP contribution in [0.2, 0.25) is 0 Å². The van der Waals surface area contributed by atoms with Crippen LogP contribution in [0.1, 0.15) is 24.2 Å². The molecule has 5 heteroatoms. The Bertz CT molecular complexity index is 391. The minimum absolute atomic E-state index is 0.0878. The highest BCUT2D eigenvalue weighted by Crippen LogP contribution is 2.10. The van der Waals surface area contributed by atoms with Gasteiger partial charge < -0.3 is 10.3 Å². The minimum atomic E-state index is 0.0878. The Morgan fingerprint density at radius 3 is 3.07 bits per heavy atom. The average Bonchev–Trinajstić information content (AvgIpc) is 2.75. The summed E-state index contributed by atoms with van der Waals surface area (Å²) in [6.45, 7) is 2.74. The Kier molecular flexibility index (Phi) is 2.60. The molecule has 2 aromatic rings. The molecule has 2 N–H and O–H groups in total. The van der Waals surface area contributed by atoms with Gasteiger partial charge in [0.1, 0.15) is 0 Å². The van der Waals surface area contributed by atoms with Crippen LogP contribution in [0.5, 0.6) is 0 Å². The Morgan fingerprint density at radius 1 is 1.64 bits per heavy atom. The van der Waals surface area contributed by atoms with E-state index in [9.17, 15) is 0 Å². The van der Waals surface area contributed by atoms with Crippen LogP contribution in [-0.2, 0) is 6.54 Å². The topological polar surface area (TPSA) is 56.7 Å². The minimum Gasteiger partial charge on any atom is -0.348 e. The second-order valence-electron chi connectivity index (χ2n) is 3.30. The molecule has 0 saturated carbocycles. The van der Waals surface area contributed by atoms with Gasteiger partial charge in [-0.1, -0.05) is 0 Å². The van der Waals surface area contributed by atoms with Crippen LogP contribution < -0.4 is 5.73 Å². The summed E-state index contributed by atoms with van der Waals surface area (Å²) in [7, 11) is 0. The van der Waals surface area contributed by atoms with Gasteiger partial charge in [0.05, 0.1) is 30.2 Å². The van der Waals surface area contributed by atoms with Gasteiger partial charge in [-0.2, -0.15) is 8.75 Å². The van der Waals surface area contributed by atoms with Gasteiger partial charge in [0.25, 0.3) is 0 Å². The van der Waals surface area contributed by atoms with E-state index in [1.54, 1.807) is 6.20 Å². The van der Waals surface area contributed by atoms with Gasteiger partial charge in [-0.3, -0.25) is 0 Å². The normalized spacial score (nSPS) is 13.0. The monoisotopic (exact) mass is 208 g/mol. The smallest absolute Gasteiger partial charge is 0.0939 e. The van der Waals surface area contributed by atoms with Gasteiger partial charge in [0, 0.05) is 18.4 Å². The van der Waals surface area contributed by atoms with E-state index < -0.39 is 0 Å². The molecule has 0 aliphatic heterocycles. The van der Waals surface area contributed by atoms with E-state index in [-0.39, 0.29) is 6.04 Å². The molecule has 0 aliphatic carbocycles. The van der Waals surface area contributed by atoms with Gasteiger partial charge >= 0.3 is 0 Å². The number of nitrogens with zero attached hydrogens (tertiary/aromatic N) is 3. The molecule has 1 unspecified atom stereocenters. The fourth-order valence-corrected chi connectivity index (χ4v) is 1.69. The molecule has 0 aromatic carbocycles. The maximum absolute atomic E-state index is 5.76. The maximum Gasteiger partial charge on any atom is 0.0939 e. The summed E-state index contributed by atoms with van der Waals surface area (Å²) in [5, 5.41) is 0. The molecular formula is C9H12N4S. The van der Waals surface area contributed by atoms with Crippen LogP contribution in [0.15, 0.2) is 24.7 Å². The first-order valence-corrected chi connectivity index (χ1v) is 5.16. The SMILES string of the molecule is CC(N)c1ccn(Cc2cnsn2)c1. The van der Waals surface area contributed by atoms with Crippen molar-refractivity contribution in [1.29, 1.82) is 0 Å². The molecule has 0 aliphatic rings. The molecular weight excluding hydrogens is 196 g/mol. The Hall–Kier alpha value is -1.20. The van der Waals surface area contributed by atoms with E-state index in [4.69, 9.17) is 5.73 Å². The van der Waals surface area contributed by atoms with Gasteiger partial charge in [-0.05, 0) is 18.6 Å². The van der Waals surface area contributed by atoms with Crippen molar-refractivity contribution in [2.75, 3.05) is 0 Å². The van der Waals surface area contributed by atoms with Crippen molar-refractivity contribution in [3.8, 4) is 0 Å². The molecule has 0 saturated heterocycles. The summed E-state index contributed by atoms with van der Waals surface area (Å²) in [5.41, 5.74) is 7.90. The number of hydrogen-bond acceptors (Lipinski definition) is 4. The van der Waals surface area contributed by atoms with E-state index in [1.807, 2.05) is 25.4 Å². The van der Waals surface area contributed by atoms with Crippen molar-refractivity contribution >= 4 is 11.7 Å². The first kappa shape index (κ1) is 9.36. The van der Waals surface area contributed by atoms with Gasteiger partial charge in [-0.15, -0.1) is 0 Å². The summed E-state index contributed by atoms with van der Waals surface area (Å²) in [6, 6.07) is 2.12. The zero-order valence-corrected chi connectivity index (χ0v) is 8.74. The average molecular weight is 208 g/mol. The molecule has 0 radical (unpaired) electrons. The van der Waals surface area contributed by atoms with Crippen LogP contribution >= 0.6 is 11.7 Å². The standard InChI is InChI=1S/C9H12N4S/c1-7(10)8-2-3-13(5-8)6-9-4-11-14-12-9/h2-5,7H,6,10H2,1H3. The number of hydrogen-bond donors (Lipinski definition) is 1. The van der Waals surface area contributed by atoms with Crippen LogP contribution in [-0.4, -0.2) is 13.3 Å². The van der Waals surface area contributed by atoms with Crippen molar-refractivity contribution in [3.05, 3.63) is 35.9 Å². The number of nitrogens with two attached hydrogens (primary N) is 1. The maximum atomic E-state index is 5.76. The molecule has 74 valence electrons. The quantitative estimate of drug-likeness (QED) is 0.829. The molecule has 1 atom stereocenters. The van der Waals surface area contributed by atoms with E-state index >= 15 is 0 Å². The largest absolute Gasteiger partial charge is 0.348 e. The van der Waals surface area contributed by atoms with Crippen molar-refractivity contribution in [2.24, 2.45) is 5.73 Å². The lowest BCUT2D eigenvalue weighted by molar-refractivity contribution is 0.767. The van der Waals surface area contributed by atoms with E-state index in [0.717, 1.165) is 17.8 Å². The molecule has 0 fully saturated rings.